The summed E-state index contributed by atoms with van der Waals surface area (Å²) in [6.07, 6.45) is 3.53. The number of ether oxygens (including phenoxy) is 1. The molecule has 0 bridgehead atoms. The van der Waals surface area contributed by atoms with Crippen molar-refractivity contribution in [2.45, 2.75) is 31.8 Å². The fraction of sp³-hybridized carbons (Fsp3) is 0.417. The Hall–Kier alpha value is -2.64. The Bertz CT molecular complexity index is 1070. The lowest BCUT2D eigenvalue weighted by Gasteiger charge is -2.23. The van der Waals surface area contributed by atoms with E-state index in [-0.39, 0.29) is 0 Å². The van der Waals surface area contributed by atoms with Crippen molar-refractivity contribution in [3.63, 3.8) is 0 Å². The van der Waals surface area contributed by atoms with Crippen LogP contribution in [0, 0.1) is 4.77 Å². The largest absolute Gasteiger partial charge is 0.497 e. The highest BCUT2D eigenvalue weighted by Crippen LogP contribution is 2.40. The Labute approximate surface area is 188 Å². The molecule has 1 saturated heterocycles. The van der Waals surface area contributed by atoms with Gasteiger partial charge >= 0.3 is 0 Å². The predicted octanol–water partition coefficient (Wildman–Crippen LogP) is 4.46. The minimum absolute atomic E-state index is 0.540. The minimum atomic E-state index is 0.540. The second-order valence-electron chi connectivity index (χ2n) is 8.38. The summed E-state index contributed by atoms with van der Waals surface area (Å²) in [5.41, 5.74) is 2.37. The molecule has 0 unspecified atom stereocenters. The van der Waals surface area contributed by atoms with Gasteiger partial charge < -0.3 is 9.64 Å². The smallest absolute Gasteiger partial charge is 0.203 e. The van der Waals surface area contributed by atoms with Crippen LogP contribution in [0.5, 0.6) is 5.75 Å². The van der Waals surface area contributed by atoms with E-state index in [9.17, 15) is 0 Å². The molecule has 0 atom stereocenters. The minimum Gasteiger partial charge on any atom is -0.497 e. The first-order valence-electron chi connectivity index (χ1n) is 11.1. The predicted molar refractivity (Wildman–Crippen MR) is 126 cm³/mol. The van der Waals surface area contributed by atoms with E-state index in [0.717, 1.165) is 61.3 Å². The van der Waals surface area contributed by atoms with Gasteiger partial charge in [-0.05, 0) is 67.9 Å². The van der Waals surface area contributed by atoms with E-state index in [2.05, 4.69) is 50.8 Å². The number of hydrogen-bond acceptors (Lipinski definition) is 5. The van der Waals surface area contributed by atoms with Crippen LogP contribution in [0.25, 0.3) is 5.69 Å². The zero-order chi connectivity index (χ0) is 21.2. The molecule has 0 amide bonds. The van der Waals surface area contributed by atoms with Gasteiger partial charge in [0, 0.05) is 43.5 Å². The molecule has 7 heteroatoms. The molecular formula is C24H29N5OS. The molecular weight excluding hydrogens is 406 g/mol. The van der Waals surface area contributed by atoms with Crippen LogP contribution in [0.2, 0.25) is 0 Å². The van der Waals surface area contributed by atoms with E-state index in [1.54, 1.807) is 7.11 Å². The highest BCUT2D eigenvalue weighted by molar-refractivity contribution is 7.71. The van der Waals surface area contributed by atoms with Gasteiger partial charge in [0.2, 0.25) is 4.77 Å². The first kappa shape index (κ1) is 20.3. The van der Waals surface area contributed by atoms with Crippen molar-refractivity contribution >= 4 is 17.9 Å². The van der Waals surface area contributed by atoms with Gasteiger partial charge in [-0.1, -0.05) is 18.2 Å². The number of nitrogens with zero attached hydrogens (tertiary/aromatic N) is 5. The molecule has 2 aliphatic rings. The third-order valence-electron chi connectivity index (χ3n) is 6.18. The summed E-state index contributed by atoms with van der Waals surface area (Å²) in [4.78, 5) is 4.93. The first-order chi connectivity index (χ1) is 15.2. The van der Waals surface area contributed by atoms with Crippen molar-refractivity contribution in [2.24, 2.45) is 0 Å². The van der Waals surface area contributed by atoms with E-state index >= 15 is 0 Å². The zero-order valence-corrected chi connectivity index (χ0v) is 18.8. The molecule has 1 saturated carbocycles. The van der Waals surface area contributed by atoms with Gasteiger partial charge in [-0.3, -0.25) is 9.47 Å². The summed E-state index contributed by atoms with van der Waals surface area (Å²) in [6, 6.07) is 18.8. The SMILES string of the molecule is COc1ccc(N2CCCN(Cn3nc(C4CC4)n(-c4ccccc4)c3=S)CC2)cc1. The van der Waals surface area contributed by atoms with E-state index in [1.807, 2.05) is 22.9 Å². The molecule has 3 aromatic rings. The highest BCUT2D eigenvalue weighted by Gasteiger charge is 2.31. The maximum Gasteiger partial charge on any atom is 0.203 e. The average Bonchev–Trinajstić information content (AvgIpc) is 3.63. The summed E-state index contributed by atoms with van der Waals surface area (Å²) in [7, 11) is 1.71. The third-order valence-corrected chi connectivity index (χ3v) is 6.57. The highest BCUT2D eigenvalue weighted by atomic mass is 32.1. The second kappa shape index (κ2) is 8.85. The van der Waals surface area contributed by atoms with Crippen LogP contribution < -0.4 is 9.64 Å². The molecule has 1 aliphatic heterocycles. The van der Waals surface area contributed by atoms with E-state index in [1.165, 1.54) is 18.5 Å². The van der Waals surface area contributed by atoms with Crippen LogP contribution in [0.3, 0.4) is 0 Å². The lowest BCUT2D eigenvalue weighted by Crippen LogP contribution is -2.32. The van der Waals surface area contributed by atoms with Crippen LogP contribution in [0.15, 0.2) is 54.6 Å². The first-order valence-corrected chi connectivity index (χ1v) is 11.5. The molecule has 6 nitrogen and oxygen atoms in total. The molecule has 0 spiro atoms. The van der Waals surface area contributed by atoms with Gasteiger partial charge in [0.05, 0.1) is 13.8 Å². The summed E-state index contributed by atoms with van der Waals surface area (Å²) in [5.74, 6) is 2.55. The summed E-state index contributed by atoms with van der Waals surface area (Å²) in [5, 5.41) is 4.98. The Morgan fingerprint density at radius 3 is 2.42 bits per heavy atom. The van der Waals surface area contributed by atoms with Crippen LogP contribution in [-0.4, -0.2) is 52.5 Å². The molecule has 2 fully saturated rings. The fourth-order valence-corrected chi connectivity index (χ4v) is 4.59. The number of anilines is 1. The van der Waals surface area contributed by atoms with Gasteiger partial charge in [-0.25, -0.2) is 4.68 Å². The molecule has 1 aliphatic carbocycles. The maximum atomic E-state index is 5.88. The maximum absolute atomic E-state index is 5.88. The summed E-state index contributed by atoms with van der Waals surface area (Å²) in [6.45, 7) is 4.83. The van der Waals surface area contributed by atoms with Crippen LogP contribution in [-0.2, 0) is 6.67 Å². The monoisotopic (exact) mass is 435 g/mol. The average molecular weight is 436 g/mol. The summed E-state index contributed by atoms with van der Waals surface area (Å²) < 4.78 is 10.3. The van der Waals surface area contributed by atoms with Gasteiger partial charge in [0.25, 0.3) is 0 Å². The number of rotatable bonds is 6. The van der Waals surface area contributed by atoms with Crippen molar-refractivity contribution in [3.8, 4) is 11.4 Å². The van der Waals surface area contributed by atoms with Crippen molar-refractivity contribution in [3.05, 3.63) is 65.2 Å². The van der Waals surface area contributed by atoms with Gasteiger partial charge in [-0.2, -0.15) is 5.10 Å². The van der Waals surface area contributed by atoms with Gasteiger partial charge in [0.15, 0.2) is 0 Å². The van der Waals surface area contributed by atoms with E-state index < -0.39 is 0 Å². The Kier molecular flexibility index (Phi) is 5.78. The fourth-order valence-electron chi connectivity index (χ4n) is 4.30. The third kappa shape index (κ3) is 4.38. The van der Waals surface area contributed by atoms with Gasteiger partial charge in [-0.15, -0.1) is 0 Å². The van der Waals surface area contributed by atoms with Crippen LogP contribution >= 0.6 is 12.2 Å². The number of aromatic nitrogens is 3. The lowest BCUT2D eigenvalue weighted by atomic mass is 10.2. The molecule has 2 aromatic carbocycles. The Balaban J connectivity index is 1.32. The lowest BCUT2D eigenvalue weighted by molar-refractivity contribution is 0.219. The standard InChI is InChI=1S/C24H29N5OS/c1-30-22-12-10-20(11-13-22)27-15-5-14-26(16-17-27)18-28-24(31)29(21-6-3-2-4-7-21)23(25-28)19-8-9-19/h2-4,6-7,10-13,19H,5,8-9,14-18H2,1H3. The number of benzene rings is 2. The van der Waals surface area contributed by atoms with Crippen LogP contribution in [0.1, 0.15) is 31.0 Å². The molecule has 162 valence electrons. The number of hydrogen-bond donors (Lipinski definition) is 0. The topological polar surface area (TPSA) is 38.5 Å². The number of para-hydroxylation sites is 1. The quantitative estimate of drug-likeness (QED) is 0.535. The second-order valence-corrected chi connectivity index (χ2v) is 8.75. The molecule has 1 aromatic heterocycles. The molecule has 5 rings (SSSR count). The van der Waals surface area contributed by atoms with Crippen molar-refractivity contribution in [1.82, 2.24) is 19.2 Å². The molecule has 2 heterocycles. The summed E-state index contributed by atoms with van der Waals surface area (Å²) >= 11 is 5.88. The Morgan fingerprint density at radius 1 is 0.935 bits per heavy atom. The van der Waals surface area contributed by atoms with E-state index in [0.29, 0.717) is 5.92 Å². The van der Waals surface area contributed by atoms with Crippen molar-refractivity contribution < 1.29 is 4.74 Å². The van der Waals surface area contributed by atoms with Crippen LogP contribution in [0.4, 0.5) is 5.69 Å². The van der Waals surface area contributed by atoms with E-state index in [4.69, 9.17) is 22.1 Å². The van der Waals surface area contributed by atoms with Crippen molar-refractivity contribution in [2.75, 3.05) is 38.2 Å². The zero-order valence-electron chi connectivity index (χ0n) is 18.0. The number of methoxy groups -OCH3 is 1. The van der Waals surface area contributed by atoms with Crippen molar-refractivity contribution in [1.29, 1.82) is 0 Å². The normalized spacial score (nSPS) is 17.5. The molecule has 31 heavy (non-hydrogen) atoms. The van der Waals surface area contributed by atoms with Gasteiger partial charge in [0.1, 0.15) is 11.6 Å². The molecule has 0 radical (unpaired) electrons. The molecule has 0 N–H and O–H groups in total. The Morgan fingerprint density at radius 2 is 1.71 bits per heavy atom.